The summed E-state index contributed by atoms with van der Waals surface area (Å²) in [7, 11) is 4.19. The van der Waals surface area contributed by atoms with Gasteiger partial charge in [-0.1, -0.05) is 5.11 Å². The van der Waals surface area contributed by atoms with Crippen LogP contribution in [0.3, 0.4) is 0 Å². The van der Waals surface area contributed by atoms with Gasteiger partial charge in [-0.15, -0.1) is 0 Å². The van der Waals surface area contributed by atoms with Crippen LogP contribution in [0.1, 0.15) is 5.56 Å². The van der Waals surface area contributed by atoms with Gasteiger partial charge < -0.3 is 23.7 Å². The van der Waals surface area contributed by atoms with Crippen LogP contribution in [-0.2, 0) is 15.9 Å². The molecule has 0 radical (unpaired) electrons. The number of hydrogen-bond donors (Lipinski definition) is 0. The molecular formula is C13H18N4O7. The maximum absolute atomic E-state index is 11.4. The van der Waals surface area contributed by atoms with Crippen LogP contribution >= 0.6 is 0 Å². The highest BCUT2D eigenvalue weighted by molar-refractivity contribution is 5.64. The molecule has 1 rings (SSSR count). The molecule has 1 aromatic rings. The molecule has 0 amide bonds. The molecule has 0 N–H and O–H groups in total. The summed E-state index contributed by atoms with van der Waals surface area (Å²) < 4.78 is 25.6. The fourth-order valence-electron chi connectivity index (χ4n) is 1.96. The van der Waals surface area contributed by atoms with E-state index in [9.17, 15) is 10.1 Å². The highest BCUT2D eigenvalue weighted by Crippen LogP contribution is 2.44. The van der Waals surface area contributed by atoms with E-state index >= 15 is 0 Å². The summed E-state index contributed by atoms with van der Waals surface area (Å²) in [5.41, 5.74) is 8.43. The normalized spacial score (nSPS) is 9.96. The van der Waals surface area contributed by atoms with Gasteiger partial charge in [0.15, 0.2) is 25.1 Å². The molecule has 0 fully saturated rings. The topological polar surface area (TPSA) is 138 Å². The van der Waals surface area contributed by atoms with Gasteiger partial charge in [0.05, 0.1) is 18.1 Å². The van der Waals surface area contributed by atoms with Crippen LogP contribution in [0.4, 0.5) is 5.69 Å². The van der Waals surface area contributed by atoms with Gasteiger partial charge in [-0.3, -0.25) is 10.1 Å². The van der Waals surface area contributed by atoms with Crippen LogP contribution in [0, 0.1) is 10.1 Å². The molecule has 0 bridgehead atoms. The predicted octanol–water partition coefficient (Wildman–Crippen LogP) is 2.42. The van der Waals surface area contributed by atoms with E-state index in [-0.39, 0.29) is 49.5 Å². The Labute approximate surface area is 137 Å². The first-order valence-corrected chi connectivity index (χ1v) is 6.73. The summed E-state index contributed by atoms with van der Waals surface area (Å²) >= 11 is 0. The summed E-state index contributed by atoms with van der Waals surface area (Å²) in [4.78, 5) is 13.4. The van der Waals surface area contributed by atoms with Gasteiger partial charge in [0.25, 0.3) is 0 Å². The fraction of sp³-hybridized carbons (Fsp3) is 0.538. The minimum atomic E-state index is -0.610. The smallest absolute Gasteiger partial charge is 0.315 e. The van der Waals surface area contributed by atoms with Gasteiger partial charge in [-0.05, 0) is 12.0 Å². The van der Waals surface area contributed by atoms with Crippen molar-refractivity contribution in [2.24, 2.45) is 5.11 Å². The summed E-state index contributed by atoms with van der Waals surface area (Å²) in [6.07, 6.45) is 0.150. The third-order valence-corrected chi connectivity index (χ3v) is 2.85. The number of nitro benzene ring substituents is 1. The van der Waals surface area contributed by atoms with E-state index in [1.807, 2.05) is 0 Å². The SMILES string of the molecule is COCOc1cc([N+](=O)[O-])c(OCOC)c(CCN=[N+]=[N-])c1OC. The van der Waals surface area contributed by atoms with E-state index in [2.05, 4.69) is 10.0 Å². The van der Waals surface area contributed by atoms with Crippen molar-refractivity contribution >= 4 is 5.69 Å². The molecule has 0 atom stereocenters. The second-order valence-electron chi connectivity index (χ2n) is 4.30. The quantitative estimate of drug-likeness (QED) is 0.150. The maximum Gasteiger partial charge on any atom is 0.315 e. The van der Waals surface area contributed by atoms with Gasteiger partial charge in [0.2, 0.25) is 5.75 Å². The molecule has 0 unspecified atom stereocenters. The molecule has 132 valence electrons. The highest BCUT2D eigenvalue weighted by atomic mass is 16.7. The van der Waals surface area contributed by atoms with Gasteiger partial charge in [0, 0.05) is 31.2 Å². The zero-order chi connectivity index (χ0) is 17.9. The molecule has 0 aliphatic heterocycles. The van der Waals surface area contributed by atoms with Crippen molar-refractivity contribution in [3.8, 4) is 17.2 Å². The Bertz CT molecular complexity index is 617. The number of rotatable bonds is 11. The molecule has 0 spiro atoms. The van der Waals surface area contributed by atoms with Crippen molar-refractivity contribution in [2.75, 3.05) is 41.5 Å². The van der Waals surface area contributed by atoms with Crippen LogP contribution in [0.15, 0.2) is 11.2 Å². The van der Waals surface area contributed by atoms with Crippen molar-refractivity contribution in [3.63, 3.8) is 0 Å². The Kier molecular flexibility index (Phi) is 8.13. The Balaban J connectivity index is 3.48. The van der Waals surface area contributed by atoms with E-state index in [1.165, 1.54) is 27.4 Å². The molecule has 0 saturated heterocycles. The lowest BCUT2D eigenvalue weighted by Gasteiger charge is -2.17. The standard InChI is InChI=1S/C13H18N4O7/c1-20-7-23-11-6-10(17(18)19)12(24-8-21-2)9(13(11)22-3)4-5-15-16-14/h6H,4-5,7-8H2,1-3H3. The van der Waals surface area contributed by atoms with Crippen molar-refractivity contribution in [2.45, 2.75) is 6.42 Å². The minimum Gasteiger partial charge on any atom is -0.492 e. The molecule has 0 heterocycles. The zero-order valence-electron chi connectivity index (χ0n) is 13.6. The first-order chi connectivity index (χ1) is 11.6. The largest absolute Gasteiger partial charge is 0.492 e. The van der Waals surface area contributed by atoms with E-state index in [0.29, 0.717) is 5.56 Å². The molecular weight excluding hydrogens is 324 g/mol. The molecule has 11 nitrogen and oxygen atoms in total. The third kappa shape index (κ3) is 4.88. The average molecular weight is 342 g/mol. The number of hydrogen-bond acceptors (Lipinski definition) is 8. The highest BCUT2D eigenvalue weighted by Gasteiger charge is 2.27. The Morgan fingerprint density at radius 1 is 1.21 bits per heavy atom. The first-order valence-electron chi connectivity index (χ1n) is 6.73. The van der Waals surface area contributed by atoms with Crippen LogP contribution < -0.4 is 14.2 Å². The van der Waals surface area contributed by atoms with Gasteiger partial charge in [-0.25, -0.2) is 0 Å². The van der Waals surface area contributed by atoms with Crippen molar-refractivity contribution in [1.29, 1.82) is 0 Å². The number of nitro groups is 1. The maximum atomic E-state index is 11.4. The van der Waals surface area contributed by atoms with Crippen LogP contribution in [0.25, 0.3) is 10.4 Å². The second kappa shape index (κ2) is 10.1. The molecule has 0 aliphatic carbocycles. The summed E-state index contributed by atoms with van der Waals surface area (Å²) in [6.45, 7) is -0.264. The van der Waals surface area contributed by atoms with Crippen molar-refractivity contribution in [3.05, 3.63) is 32.2 Å². The molecule has 1 aromatic carbocycles. The van der Waals surface area contributed by atoms with Crippen LogP contribution in [0.5, 0.6) is 17.2 Å². The third-order valence-electron chi connectivity index (χ3n) is 2.85. The van der Waals surface area contributed by atoms with Gasteiger partial charge in [0.1, 0.15) is 0 Å². The molecule has 11 heteroatoms. The minimum absolute atomic E-state index is 0.0309. The number of nitrogens with zero attached hydrogens (tertiary/aromatic N) is 4. The van der Waals surface area contributed by atoms with E-state index in [0.717, 1.165) is 0 Å². The molecule has 0 saturated carbocycles. The van der Waals surface area contributed by atoms with Gasteiger partial charge >= 0.3 is 5.69 Å². The number of benzene rings is 1. The van der Waals surface area contributed by atoms with E-state index < -0.39 is 4.92 Å². The number of ether oxygens (including phenoxy) is 5. The molecule has 0 aliphatic rings. The van der Waals surface area contributed by atoms with E-state index in [1.54, 1.807) is 0 Å². The van der Waals surface area contributed by atoms with Crippen LogP contribution in [0.2, 0.25) is 0 Å². The number of methoxy groups -OCH3 is 3. The van der Waals surface area contributed by atoms with E-state index in [4.69, 9.17) is 29.2 Å². The fourth-order valence-corrected chi connectivity index (χ4v) is 1.96. The molecule has 24 heavy (non-hydrogen) atoms. The number of azide groups is 1. The lowest BCUT2D eigenvalue weighted by molar-refractivity contribution is -0.386. The Morgan fingerprint density at radius 2 is 1.88 bits per heavy atom. The Hall–Kier alpha value is -2.75. The van der Waals surface area contributed by atoms with Crippen molar-refractivity contribution < 1.29 is 28.6 Å². The lowest BCUT2D eigenvalue weighted by Crippen LogP contribution is -2.09. The summed E-state index contributed by atoms with van der Waals surface area (Å²) in [5.74, 6) is 0.320. The summed E-state index contributed by atoms with van der Waals surface area (Å²) in [6, 6.07) is 1.18. The van der Waals surface area contributed by atoms with Crippen molar-refractivity contribution in [1.82, 2.24) is 0 Å². The average Bonchev–Trinajstić information content (AvgIpc) is 2.58. The van der Waals surface area contributed by atoms with Crippen LogP contribution in [-0.4, -0.2) is 46.4 Å². The Morgan fingerprint density at radius 3 is 2.42 bits per heavy atom. The summed E-state index contributed by atoms with van der Waals surface area (Å²) in [5, 5.41) is 14.8. The molecule has 0 aromatic heterocycles. The van der Waals surface area contributed by atoms with Gasteiger partial charge in [-0.2, -0.15) is 0 Å². The zero-order valence-corrected chi connectivity index (χ0v) is 13.6. The lowest BCUT2D eigenvalue weighted by atomic mass is 10.1. The first kappa shape index (κ1) is 19.3. The predicted molar refractivity (Wildman–Crippen MR) is 82.4 cm³/mol. The second-order valence-corrected chi connectivity index (χ2v) is 4.30. The monoisotopic (exact) mass is 342 g/mol.